The number of fused-ring (bicyclic) bond motifs is 1. The highest BCUT2D eigenvalue weighted by molar-refractivity contribution is 5.66. The summed E-state index contributed by atoms with van der Waals surface area (Å²) in [6.45, 7) is 4.24. The number of rotatable bonds is 3. The van der Waals surface area contributed by atoms with Gasteiger partial charge in [-0.15, -0.1) is 0 Å². The van der Waals surface area contributed by atoms with E-state index in [1.807, 2.05) is 36.7 Å². The fourth-order valence-corrected chi connectivity index (χ4v) is 2.97. The van der Waals surface area contributed by atoms with Gasteiger partial charge in [0.2, 0.25) is 0 Å². The van der Waals surface area contributed by atoms with Gasteiger partial charge in [-0.1, -0.05) is 0 Å². The maximum absolute atomic E-state index is 5.98. The zero-order valence-electron chi connectivity index (χ0n) is 12.9. The maximum Gasteiger partial charge on any atom is 0.137 e. The van der Waals surface area contributed by atoms with Gasteiger partial charge in [-0.25, -0.2) is 4.98 Å². The Labute approximate surface area is 134 Å². The predicted octanol–water partition coefficient (Wildman–Crippen LogP) is 1.81. The third kappa shape index (κ3) is 2.78. The fraction of sp³-hybridized carbons (Fsp3) is 0.294. The molecule has 0 amide bonds. The average molecular weight is 309 g/mol. The summed E-state index contributed by atoms with van der Waals surface area (Å²) in [6, 6.07) is 7.82. The minimum atomic E-state index is 0.732. The minimum absolute atomic E-state index is 0.732. The summed E-state index contributed by atoms with van der Waals surface area (Å²) < 4.78 is 7.54. The summed E-state index contributed by atoms with van der Waals surface area (Å²) in [5.41, 5.74) is 10.8. The van der Waals surface area contributed by atoms with Crippen LogP contribution in [-0.4, -0.2) is 45.6 Å². The highest BCUT2D eigenvalue weighted by Crippen LogP contribution is 2.26. The van der Waals surface area contributed by atoms with Gasteiger partial charge in [-0.2, -0.15) is 0 Å². The molecule has 0 unspecified atom stereocenters. The first kappa shape index (κ1) is 14.2. The molecule has 0 saturated carbocycles. The smallest absolute Gasteiger partial charge is 0.137 e. The van der Waals surface area contributed by atoms with Gasteiger partial charge in [0.25, 0.3) is 0 Å². The lowest BCUT2D eigenvalue weighted by Crippen LogP contribution is -2.36. The van der Waals surface area contributed by atoms with E-state index in [-0.39, 0.29) is 0 Å². The lowest BCUT2D eigenvalue weighted by molar-refractivity contribution is 0.0336. The van der Waals surface area contributed by atoms with Gasteiger partial charge in [0.05, 0.1) is 24.6 Å². The Kier molecular flexibility index (Phi) is 3.69. The second-order valence-electron chi connectivity index (χ2n) is 5.73. The monoisotopic (exact) mass is 309 g/mol. The molecule has 6 nitrogen and oxygen atoms in total. The molecule has 3 aromatic rings. The van der Waals surface area contributed by atoms with Crippen LogP contribution in [0.5, 0.6) is 0 Å². The van der Waals surface area contributed by atoms with E-state index in [1.165, 1.54) is 0 Å². The molecule has 0 aromatic carbocycles. The Hall–Kier alpha value is -2.44. The quantitative estimate of drug-likeness (QED) is 0.799. The zero-order valence-corrected chi connectivity index (χ0v) is 12.9. The summed E-state index contributed by atoms with van der Waals surface area (Å²) >= 11 is 0. The summed E-state index contributed by atoms with van der Waals surface area (Å²) in [4.78, 5) is 11.4. The normalized spacial score (nSPS) is 16.0. The molecule has 4 rings (SSSR count). The third-order valence-corrected chi connectivity index (χ3v) is 4.15. The summed E-state index contributed by atoms with van der Waals surface area (Å²) in [5.74, 6) is 0. The number of aromatic nitrogens is 3. The van der Waals surface area contributed by atoms with Crippen LogP contribution in [0.4, 0.5) is 5.69 Å². The molecule has 0 atom stereocenters. The van der Waals surface area contributed by atoms with Crippen LogP contribution >= 0.6 is 0 Å². The molecule has 0 spiro atoms. The van der Waals surface area contributed by atoms with Crippen molar-refractivity contribution in [1.29, 1.82) is 0 Å². The van der Waals surface area contributed by atoms with Crippen molar-refractivity contribution in [2.24, 2.45) is 0 Å². The molecule has 1 aliphatic heterocycles. The predicted molar refractivity (Wildman–Crippen MR) is 88.9 cm³/mol. The van der Waals surface area contributed by atoms with Crippen LogP contribution in [0, 0.1) is 0 Å². The van der Waals surface area contributed by atoms with E-state index in [4.69, 9.17) is 15.5 Å². The molecular weight excluding hydrogens is 290 g/mol. The van der Waals surface area contributed by atoms with E-state index in [0.717, 1.165) is 61.1 Å². The van der Waals surface area contributed by atoms with E-state index in [2.05, 4.69) is 14.3 Å². The minimum Gasteiger partial charge on any atom is -0.398 e. The molecule has 1 aliphatic rings. The molecule has 3 aromatic heterocycles. The summed E-state index contributed by atoms with van der Waals surface area (Å²) in [7, 11) is 0. The molecule has 1 fully saturated rings. The zero-order chi connectivity index (χ0) is 15.6. The molecule has 2 N–H and O–H groups in total. The van der Waals surface area contributed by atoms with E-state index in [9.17, 15) is 0 Å². The van der Waals surface area contributed by atoms with Crippen molar-refractivity contribution in [2.45, 2.75) is 6.54 Å². The molecule has 4 heterocycles. The highest BCUT2D eigenvalue weighted by Gasteiger charge is 2.19. The number of hydrogen-bond donors (Lipinski definition) is 1. The van der Waals surface area contributed by atoms with Crippen molar-refractivity contribution >= 4 is 11.3 Å². The van der Waals surface area contributed by atoms with E-state index in [1.54, 1.807) is 6.20 Å². The number of pyridine rings is 2. The standard InChI is InChI=1S/C17H19N5O/c18-14-3-4-16-20-17(13-2-1-5-19-10-13)15(22(16)11-14)12-21-6-8-23-9-7-21/h1-5,10-11H,6-9,12,18H2. The van der Waals surface area contributed by atoms with Crippen LogP contribution in [0.25, 0.3) is 16.9 Å². The number of anilines is 1. The van der Waals surface area contributed by atoms with Crippen molar-refractivity contribution in [3.8, 4) is 11.3 Å². The molecule has 1 saturated heterocycles. The number of imidazole rings is 1. The van der Waals surface area contributed by atoms with Crippen molar-refractivity contribution in [3.63, 3.8) is 0 Å². The second-order valence-corrected chi connectivity index (χ2v) is 5.73. The molecule has 23 heavy (non-hydrogen) atoms. The molecule has 0 aliphatic carbocycles. The SMILES string of the molecule is Nc1ccc2nc(-c3cccnc3)c(CN3CCOCC3)n2c1. The first-order chi connectivity index (χ1) is 11.3. The number of ether oxygens (including phenoxy) is 1. The molecule has 0 bridgehead atoms. The molecule has 6 heteroatoms. The Morgan fingerprint density at radius 1 is 1.17 bits per heavy atom. The van der Waals surface area contributed by atoms with Crippen LogP contribution in [0.3, 0.4) is 0 Å². The van der Waals surface area contributed by atoms with Gasteiger partial charge in [-0.3, -0.25) is 9.88 Å². The van der Waals surface area contributed by atoms with Crippen LogP contribution in [0.1, 0.15) is 5.69 Å². The average Bonchev–Trinajstić information content (AvgIpc) is 2.95. The summed E-state index contributed by atoms with van der Waals surface area (Å²) in [6.07, 6.45) is 5.57. The number of hydrogen-bond acceptors (Lipinski definition) is 5. The van der Waals surface area contributed by atoms with Crippen molar-refractivity contribution in [3.05, 3.63) is 48.5 Å². The number of nitrogens with two attached hydrogens (primary N) is 1. The van der Waals surface area contributed by atoms with E-state index in [0.29, 0.717) is 0 Å². The van der Waals surface area contributed by atoms with Crippen molar-refractivity contribution < 1.29 is 4.74 Å². The van der Waals surface area contributed by atoms with Crippen molar-refractivity contribution in [2.75, 3.05) is 32.0 Å². The third-order valence-electron chi connectivity index (χ3n) is 4.15. The first-order valence-electron chi connectivity index (χ1n) is 7.78. The van der Waals surface area contributed by atoms with Crippen LogP contribution in [-0.2, 0) is 11.3 Å². The Morgan fingerprint density at radius 3 is 2.83 bits per heavy atom. The number of morpholine rings is 1. The van der Waals surface area contributed by atoms with Crippen LogP contribution in [0.2, 0.25) is 0 Å². The lowest BCUT2D eigenvalue weighted by atomic mass is 10.1. The van der Waals surface area contributed by atoms with Gasteiger partial charge in [0.15, 0.2) is 0 Å². The van der Waals surface area contributed by atoms with Gasteiger partial charge in [-0.05, 0) is 24.3 Å². The Bertz CT molecular complexity index is 808. The molecular formula is C17H19N5O. The fourth-order valence-electron chi connectivity index (χ4n) is 2.97. The van der Waals surface area contributed by atoms with Crippen LogP contribution < -0.4 is 5.73 Å². The highest BCUT2D eigenvalue weighted by atomic mass is 16.5. The second kappa shape index (κ2) is 5.98. The van der Waals surface area contributed by atoms with Gasteiger partial charge >= 0.3 is 0 Å². The largest absolute Gasteiger partial charge is 0.398 e. The first-order valence-corrected chi connectivity index (χ1v) is 7.78. The number of nitrogens with zero attached hydrogens (tertiary/aromatic N) is 4. The Balaban J connectivity index is 1.82. The van der Waals surface area contributed by atoms with E-state index >= 15 is 0 Å². The van der Waals surface area contributed by atoms with Crippen LogP contribution in [0.15, 0.2) is 42.9 Å². The van der Waals surface area contributed by atoms with Gasteiger partial charge < -0.3 is 14.9 Å². The number of nitrogen functional groups attached to an aromatic ring is 1. The van der Waals surface area contributed by atoms with E-state index < -0.39 is 0 Å². The molecule has 118 valence electrons. The maximum atomic E-state index is 5.98. The topological polar surface area (TPSA) is 68.7 Å². The Morgan fingerprint density at radius 2 is 2.04 bits per heavy atom. The summed E-state index contributed by atoms with van der Waals surface area (Å²) in [5, 5.41) is 0. The van der Waals surface area contributed by atoms with Gasteiger partial charge in [0, 0.05) is 49.5 Å². The van der Waals surface area contributed by atoms with Gasteiger partial charge in [0.1, 0.15) is 5.65 Å². The lowest BCUT2D eigenvalue weighted by Gasteiger charge is -2.26. The molecule has 0 radical (unpaired) electrons. The van der Waals surface area contributed by atoms with Crippen molar-refractivity contribution in [1.82, 2.24) is 19.3 Å².